The zero-order valence-corrected chi connectivity index (χ0v) is 7.84. The fourth-order valence-electron chi connectivity index (χ4n) is 1.06. The molecule has 0 bridgehead atoms. The van der Waals surface area contributed by atoms with Gasteiger partial charge in [0.25, 0.3) is 6.47 Å². The quantitative estimate of drug-likeness (QED) is 0.654. The van der Waals surface area contributed by atoms with Crippen LogP contribution in [0, 0.1) is 0 Å². The van der Waals surface area contributed by atoms with Crippen molar-refractivity contribution in [3.63, 3.8) is 0 Å². The van der Waals surface area contributed by atoms with Gasteiger partial charge in [0.2, 0.25) is 6.41 Å². The van der Waals surface area contributed by atoms with E-state index in [1.807, 2.05) is 6.07 Å². The first kappa shape index (κ1) is 10.2. The summed E-state index contributed by atoms with van der Waals surface area (Å²) < 4.78 is 4.60. The molecule has 1 rings (SSSR count). The molecule has 0 radical (unpaired) electrons. The van der Waals surface area contributed by atoms with Crippen molar-refractivity contribution >= 4 is 18.6 Å². The van der Waals surface area contributed by atoms with E-state index in [9.17, 15) is 9.59 Å². The highest BCUT2D eigenvalue weighted by Gasteiger charge is 1.99. The van der Waals surface area contributed by atoms with Crippen molar-refractivity contribution in [3.05, 3.63) is 29.8 Å². The number of nitrogens with zero attached hydrogens (tertiary/aromatic N) is 1. The minimum Gasteiger partial charge on any atom is -0.463 e. The Hall–Kier alpha value is -1.84. The fraction of sp³-hybridized carbons (Fsp3) is 0.200. The van der Waals surface area contributed by atoms with Crippen LogP contribution >= 0.6 is 0 Å². The molecule has 0 aromatic heterocycles. The van der Waals surface area contributed by atoms with Crippen LogP contribution in [0.5, 0.6) is 0 Å². The molecule has 0 aliphatic rings. The second-order valence-corrected chi connectivity index (χ2v) is 2.79. The van der Waals surface area contributed by atoms with E-state index in [1.165, 1.54) is 4.90 Å². The van der Waals surface area contributed by atoms with Crippen LogP contribution in [-0.2, 0) is 20.9 Å². The molecule has 74 valence electrons. The summed E-state index contributed by atoms with van der Waals surface area (Å²) in [7, 11) is 1.66. The third-order valence-electron chi connectivity index (χ3n) is 1.79. The Morgan fingerprint density at radius 2 is 2.21 bits per heavy atom. The van der Waals surface area contributed by atoms with Crippen molar-refractivity contribution < 1.29 is 14.3 Å². The monoisotopic (exact) mass is 193 g/mol. The summed E-state index contributed by atoms with van der Waals surface area (Å²) in [4.78, 5) is 21.9. The predicted molar refractivity (Wildman–Crippen MR) is 51.8 cm³/mol. The van der Waals surface area contributed by atoms with Gasteiger partial charge in [0.1, 0.15) is 6.61 Å². The molecular formula is C10H11NO3. The largest absolute Gasteiger partial charge is 0.463 e. The average molecular weight is 193 g/mol. The molecule has 0 atom stereocenters. The van der Waals surface area contributed by atoms with Crippen LogP contribution in [0.25, 0.3) is 0 Å². The molecule has 14 heavy (non-hydrogen) atoms. The zero-order valence-electron chi connectivity index (χ0n) is 7.84. The first-order chi connectivity index (χ1) is 6.77. The minimum atomic E-state index is 0.226. The summed E-state index contributed by atoms with van der Waals surface area (Å²) in [5, 5.41) is 0. The number of hydrogen-bond donors (Lipinski definition) is 0. The third kappa shape index (κ3) is 2.58. The standard InChI is InChI=1S/C10H11NO3/c1-11(7-12)10-4-2-3-9(5-10)6-14-8-13/h2-5,7-8H,6H2,1H3. The van der Waals surface area contributed by atoms with Crippen molar-refractivity contribution in [1.29, 1.82) is 0 Å². The maximum Gasteiger partial charge on any atom is 0.293 e. The summed E-state index contributed by atoms with van der Waals surface area (Å²) >= 11 is 0. The molecule has 1 aromatic rings. The minimum absolute atomic E-state index is 0.226. The second kappa shape index (κ2) is 5.01. The maximum atomic E-state index is 10.5. The van der Waals surface area contributed by atoms with E-state index in [-0.39, 0.29) is 6.61 Å². The van der Waals surface area contributed by atoms with Crippen LogP contribution in [0.3, 0.4) is 0 Å². The lowest BCUT2D eigenvalue weighted by Gasteiger charge is -2.11. The van der Waals surface area contributed by atoms with Gasteiger partial charge < -0.3 is 9.64 Å². The highest BCUT2D eigenvalue weighted by Crippen LogP contribution is 2.13. The third-order valence-corrected chi connectivity index (χ3v) is 1.79. The molecule has 0 unspecified atom stereocenters. The van der Waals surface area contributed by atoms with Crippen LogP contribution < -0.4 is 4.90 Å². The topological polar surface area (TPSA) is 46.6 Å². The molecule has 0 saturated carbocycles. The Bertz CT molecular complexity index is 325. The van der Waals surface area contributed by atoms with E-state index in [1.54, 1.807) is 25.2 Å². The van der Waals surface area contributed by atoms with Crippen molar-refractivity contribution in [2.45, 2.75) is 6.61 Å². The summed E-state index contributed by atoms with van der Waals surface area (Å²) in [5.74, 6) is 0. The van der Waals surface area contributed by atoms with E-state index in [2.05, 4.69) is 4.74 Å². The summed E-state index contributed by atoms with van der Waals surface area (Å²) in [6, 6.07) is 7.22. The lowest BCUT2D eigenvalue weighted by atomic mass is 10.2. The fourth-order valence-corrected chi connectivity index (χ4v) is 1.06. The van der Waals surface area contributed by atoms with Crippen LogP contribution in [-0.4, -0.2) is 19.9 Å². The van der Waals surface area contributed by atoms with Crippen LogP contribution in [0.1, 0.15) is 5.56 Å². The molecule has 0 heterocycles. The van der Waals surface area contributed by atoms with E-state index in [4.69, 9.17) is 0 Å². The van der Waals surface area contributed by atoms with Gasteiger partial charge in [-0.05, 0) is 17.7 Å². The van der Waals surface area contributed by atoms with Gasteiger partial charge >= 0.3 is 0 Å². The predicted octanol–water partition coefficient (Wildman–Crippen LogP) is 0.952. The normalized spacial score (nSPS) is 9.21. The number of ether oxygens (including phenoxy) is 1. The van der Waals surface area contributed by atoms with Crippen LogP contribution in [0.2, 0.25) is 0 Å². The van der Waals surface area contributed by atoms with Gasteiger partial charge in [-0.2, -0.15) is 0 Å². The molecule has 4 heteroatoms. The van der Waals surface area contributed by atoms with Gasteiger partial charge in [-0.3, -0.25) is 9.59 Å². The van der Waals surface area contributed by atoms with E-state index in [0.29, 0.717) is 6.47 Å². The van der Waals surface area contributed by atoms with Crippen molar-refractivity contribution in [2.75, 3.05) is 11.9 Å². The van der Waals surface area contributed by atoms with E-state index >= 15 is 0 Å². The molecule has 0 N–H and O–H groups in total. The number of carbonyl (C=O) groups is 2. The second-order valence-electron chi connectivity index (χ2n) is 2.79. The molecule has 0 aliphatic heterocycles. The number of hydrogen-bond acceptors (Lipinski definition) is 3. The molecule has 0 saturated heterocycles. The first-order valence-electron chi connectivity index (χ1n) is 4.10. The lowest BCUT2D eigenvalue weighted by Crippen LogP contribution is -2.13. The number of carbonyl (C=O) groups excluding carboxylic acids is 2. The summed E-state index contributed by atoms with van der Waals surface area (Å²) in [6.45, 7) is 0.625. The van der Waals surface area contributed by atoms with Gasteiger partial charge in [0, 0.05) is 12.7 Å². The highest BCUT2D eigenvalue weighted by molar-refractivity contribution is 5.74. The van der Waals surface area contributed by atoms with Gasteiger partial charge in [-0.1, -0.05) is 12.1 Å². The SMILES string of the molecule is CN(C=O)c1cccc(COC=O)c1. The Balaban J connectivity index is 2.77. The number of rotatable bonds is 5. The van der Waals surface area contributed by atoms with Gasteiger partial charge in [0.15, 0.2) is 0 Å². The van der Waals surface area contributed by atoms with E-state index in [0.717, 1.165) is 17.7 Å². The maximum absolute atomic E-state index is 10.5. The number of amides is 1. The summed E-state index contributed by atoms with van der Waals surface area (Å²) in [6.07, 6.45) is 0.722. The number of anilines is 1. The molecule has 0 fully saturated rings. The Morgan fingerprint density at radius 1 is 1.43 bits per heavy atom. The molecule has 0 spiro atoms. The smallest absolute Gasteiger partial charge is 0.293 e. The molecule has 1 aromatic carbocycles. The Labute approximate surface area is 82.1 Å². The van der Waals surface area contributed by atoms with E-state index < -0.39 is 0 Å². The van der Waals surface area contributed by atoms with Crippen molar-refractivity contribution in [2.24, 2.45) is 0 Å². The van der Waals surface area contributed by atoms with Gasteiger partial charge in [-0.15, -0.1) is 0 Å². The Morgan fingerprint density at radius 3 is 2.86 bits per heavy atom. The van der Waals surface area contributed by atoms with Gasteiger partial charge in [-0.25, -0.2) is 0 Å². The molecule has 0 aliphatic carbocycles. The first-order valence-corrected chi connectivity index (χ1v) is 4.10. The Kier molecular flexibility index (Phi) is 3.67. The molecule has 4 nitrogen and oxygen atoms in total. The number of benzene rings is 1. The van der Waals surface area contributed by atoms with Gasteiger partial charge in [0.05, 0.1) is 0 Å². The average Bonchev–Trinajstić information content (AvgIpc) is 2.25. The zero-order chi connectivity index (χ0) is 10.4. The van der Waals surface area contributed by atoms with Crippen LogP contribution in [0.4, 0.5) is 5.69 Å². The highest BCUT2D eigenvalue weighted by atomic mass is 16.5. The van der Waals surface area contributed by atoms with Crippen molar-refractivity contribution in [3.8, 4) is 0 Å². The van der Waals surface area contributed by atoms with Crippen molar-refractivity contribution in [1.82, 2.24) is 0 Å². The molecule has 1 amide bonds. The van der Waals surface area contributed by atoms with Crippen LogP contribution in [0.15, 0.2) is 24.3 Å². The lowest BCUT2D eigenvalue weighted by molar-refractivity contribution is -0.129. The molecular weight excluding hydrogens is 182 g/mol. The summed E-state index contributed by atoms with van der Waals surface area (Å²) in [5.41, 5.74) is 1.62.